The van der Waals surface area contributed by atoms with Crippen LogP contribution < -0.4 is 0 Å². The quantitative estimate of drug-likeness (QED) is 0.606. The van der Waals surface area contributed by atoms with Gasteiger partial charge in [0.15, 0.2) is 5.82 Å². The number of benzene rings is 2. The van der Waals surface area contributed by atoms with E-state index in [-0.39, 0.29) is 15.8 Å². The first-order valence-electron chi connectivity index (χ1n) is 9.20. The monoisotopic (exact) mass is 435 g/mol. The van der Waals surface area contributed by atoms with Crippen LogP contribution in [-0.2, 0) is 10.0 Å². The Morgan fingerprint density at radius 3 is 2.48 bits per heavy atom. The topological polar surface area (TPSA) is 76.3 Å². The lowest BCUT2D eigenvalue weighted by atomic mass is 9.97. The minimum atomic E-state index is -3.73. The first-order chi connectivity index (χ1) is 13.8. The van der Waals surface area contributed by atoms with Crippen molar-refractivity contribution in [2.75, 3.05) is 13.1 Å². The molecule has 152 valence electrons. The van der Waals surface area contributed by atoms with Crippen molar-refractivity contribution in [2.45, 2.75) is 30.6 Å². The van der Waals surface area contributed by atoms with Gasteiger partial charge < -0.3 is 4.52 Å². The number of hydrogen-bond donors (Lipinski definition) is 0. The highest BCUT2D eigenvalue weighted by Gasteiger charge is 2.32. The number of piperidine rings is 1. The second-order valence-corrected chi connectivity index (χ2v) is 9.42. The van der Waals surface area contributed by atoms with E-state index in [0.717, 1.165) is 23.3 Å². The van der Waals surface area contributed by atoms with Gasteiger partial charge >= 0.3 is 0 Å². The third kappa shape index (κ3) is 4.05. The lowest BCUT2D eigenvalue weighted by molar-refractivity contribution is 0.307. The molecule has 1 aromatic heterocycles. The standard InChI is InChI=1S/C20H19ClFN3O3S/c1-13-2-4-15(5-3-13)20-23-19(24-28-20)14-8-10-25(11-9-14)29(26,27)16-6-7-18(22)17(21)12-16/h2-7,12,14H,8-11H2,1H3. The molecule has 0 spiro atoms. The summed E-state index contributed by atoms with van der Waals surface area (Å²) in [5, 5.41) is 3.88. The van der Waals surface area contributed by atoms with E-state index in [1.807, 2.05) is 31.2 Å². The molecule has 1 saturated heterocycles. The summed E-state index contributed by atoms with van der Waals surface area (Å²) in [6, 6.07) is 11.2. The summed E-state index contributed by atoms with van der Waals surface area (Å²) in [7, 11) is -3.73. The van der Waals surface area contributed by atoms with Crippen molar-refractivity contribution in [1.29, 1.82) is 0 Å². The van der Waals surface area contributed by atoms with Crippen LogP contribution in [0, 0.1) is 12.7 Å². The molecule has 1 fully saturated rings. The zero-order valence-electron chi connectivity index (χ0n) is 15.7. The highest BCUT2D eigenvalue weighted by Crippen LogP contribution is 2.31. The molecule has 0 radical (unpaired) electrons. The Kier molecular flexibility index (Phi) is 5.42. The molecule has 6 nitrogen and oxygen atoms in total. The van der Waals surface area contributed by atoms with Gasteiger partial charge in [-0.2, -0.15) is 9.29 Å². The lowest BCUT2D eigenvalue weighted by Crippen LogP contribution is -2.38. The van der Waals surface area contributed by atoms with Crippen LogP contribution in [0.15, 0.2) is 51.9 Å². The predicted molar refractivity (Wildman–Crippen MR) is 107 cm³/mol. The second kappa shape index (κ2) is 7.85. The summed E-state index contributed by atoms with van der Waals surface area (Å²) in [5.74, 6) is 0.408. The van der Waals surface area contributed by atoms with Crippen molar-refractivity contribution in [1.82, 2.24) is 14.4 Å². The van der Waals surface area contributed by atoms with Gasteiger partial charge in [-0.25, -0.2) is 12.8 Å². The second-order valence-electron chi connectivity index (χ2n) is 7.08. The number of aryl methyl sites for hydroxylation is 1. The fraction of sp³-hybridized carbons (Fsp3) is 0.300. The highest BCUT2D eigenvalue weighted by atomic mass is 35.5. The minimum Gasteiger partial charge on any atom is -0.334 e. The Hall–Kier alpha value is -2.29. The molecule has 0 saturated carbocycles. The summed E-state index contributed by atoms with van der Waals surface area (Å²) >= 11 is 5.74. The third-order valence-electron chi connectivity index (χ3n) is 5.09. The SMILES string of the molecule is Cc1ccc(-c2nc(C3CCN(S(=O)(=O)c4ccc(F)c(Cl)c4)CC3)no2)cc1. The van der Waals surface area contributed by atoms with Gasteiger partial charge in [0.25, 0.3) is 5.89 Å². The zero-order valence-corrected chi connectivity index (χ0v) is 17.3. The summed E-state index contributed by atoms with van der Waals surface area (Å²) < 4.78 is 45.7. The third-order valence-corrected chi connectivity index (χ3v) is 7.27. The average molecular weight is 436 g/mol. The molecular weight excluding hydrogens is 417 g/mol. The van der Waals surface area contributed by atoms with E-state index in [9.17, 15) is 12.8 Å². The molecule has 1 aliphatic rings. The van der Waals surface area contributed by atoms with E-state index >= 15 is 0 Å². The van der Waals surface area contributed by atoms with Crippen LogP contribution in [0.3, 0.4) is 0 Å². The predicted octanol–water partition coefficient (Wildman–Crippen LogP) is 4.41. The molecule has 0 atom stereocenters. The molecule has 0 aliphatic carbocycles. The number of hydrogen-bond acceptors (Lipinski definition) is 5. The van der Waals surface area contributed by atoms with Crippen LogP contribution in [0.1, 0.15) is 30.1 Å². The summed E-state index contributed by atoms with van der Waals surface area (Å²) in [6.07, 6.45) is 1.14. The first-order valence-corrected chi connectivity index (χ1v) is 11.0. The number of nitrogens with zero attached hydrogens (tertiary/aromatic N) is 3. The minimum absolute atomic E-state index is 0.0106. The first kappa shape index (κ1) is 20.0. The van der Waals surface area contributed by atoms with E-state index in [0.29, 0.717) is 37.6 Å². The van der Waals surface area contributed by atoms with Crippen LogP contribution >= 0.6 is 11.6 Å². The van der Waals surface area contributed by atoms with E-state index in [1.165, 1.54) is 10.4 Å². The Morgan fingerprint density at radius 1 is 1.14 bits per heavy atom. The molecule has 9 heteroatoms. The highest BCUT2D eigenvalue weighted by molar-refractivity contribution is 7.89. The number of aromatic nitrogens is 2. The van der Waals surface area contributed by atoms with Gasteiger partial charge in [-0.3, -0.25) is 0 Å². The maximum Gasteiger partial charge on any atom is 0.257 e. The molecule has 0 bridgehead atoms. The maximum absolute atomic E-state index is 13.3. The summed E-state index contributed by atoms with van der Waals surface area (Å²) in [6.45, 7) is 2.64. The molecule has 0 N–H and O–H groups in total. The Bertz CT molecular complexity index is 1120. The van der Waals surface area contributed by atoms with Gasteiger partial charge in [0, 0.05) is 24.6 Å². The summed E-state index contributed by atoms with van der Waals surface area (Å²) in [4.78, 5) is 4.49. The van der Waals surface area contributed by atoms with Crippen molar-refractivity contribution in [3.05, 3.63) is 64.7 Å². The molecular formula is C20H19ClFN3O3S. The molecule has 2 heterocycles. The van der Waals surface area contributed by atoms with E-state index in [2.05, 4.69) is 10.1 Å². The number of halogens is 2. The van der Waals surface area contributed by atoms with Gasteiger partial charge in [0.2, 0.25) is 10.0 Å². The van der Waals surface area contributed by atoms with Crippen molar-refractivity contribution in [2.24, 2.45) is 0 Å². The lowest BCUT2D eigenvalue weighted by Gasteiger charge is -2.29. The normalized spacial score (nSPS) is 16.2. The molecule has 4 rings (SSSR count). The van der Waals surface area contributed by atoms with E-state index < -0.39 is 15.8 Å². The fourth-order valence-electron chi connectivity index (χ4n) is 3.35. The number of rotatable bonds is 4. The molecule has 2 aromatic carbocycles. The van der Waals surface area contributed by atoms with Crippen molar-refractivity contribution < 1.29 is 17.3 Å². The van der Waals surface area contributed by atoms with Crippen LogP contribution in [0.5, 0.6) is 0 Å². The molecule has 1 aliphatic heterocycles. The summed E-state index contributed by atoms with van der Waals surface area (Å²) in [5.41, 5.74) is 1.99. The van der Waals surface area contributed by atoms with Crippen LogP contribution in [0.25, 0.3) is 11.5 Å². The molecule has 3 aromatic rings. The van der Waals surface area contributed by atoms with Crippen LogP contribution in [0.4, 0.5) is 4.39 Å². The van der Waals surface area contributed by atoms with Gasteiger partial charge in [0.05, 0.1) is 9.92 Å². The molecule has 0 amide bonds. The van der Waals surface area contributed by atoms with Crippen molar-refractivity contribution in [3.8, 4) is 11.5 Å². The van der Waals surface area contributed by atoms with Gasteiger partial charge in [-0.05, 0) is 50.1 Å². The Labute approximate surface area is 173 Å². The fourth-order valence-corrected chi connectivity index (χ4v) is 5.10. The van der Waals surface area contributed by atoms with Crippen molar-refractivity contribution in [3.63, 3.8) is 0 Å². The van der Waals surface area contributed by atoms with Crippen molar-refractivity contribution >= 4 is 21.6 Å². The van der Waals surface area contributed by atoms with Gasteiger partial charge in [-0.1, -0.05) is 34.5 Å². The largest absolute Gasteiger partial charge is 0.334 e. The zero-order chi connectivity index (χ0) is 20.6. The van der Waals surface area contributed by atoms with Gasteiger partial charge in [-0.15, -0.1) is 0 Å². The van der Waals surface area contributed by atoms with Crippen LogP contribution in [-0.4, -0.2) is 36.0 Å². The van der Waals surface area contributed by atoms with E-state index in [1.54, 1.807) is 0 Å². The maximum atomic E-state index is 13.3. The van der Waals surface area contributed by atoms with E-state index in [4.69, 9.17) is 16.1 Å². The van der Waals surface area contributed by atoms with Gasteiger partial charge in [0.1, 0.15) is 5.82 Å². The molecule has 0 unspecified atom stereocenters. The average Bonchev–Trinajstić information content (AvgIpc) is 3.21. The smallest absolute Gasteiger partial charge is 0.257 e. The number of sulfonamides is 1. The molecule has 29 heavy (non-hydrogen) atoms. The Morgan fingerprint density at radius 2 is 1.83 bits per heavy atom. The Balaban J connectivity index is 1.45. The van der Waals surface area contributed by atoms with Crippen LogP contribution in [0.2, 0.25) is 5.02 Å².